The molecule has 30 heavy (non-hydrogen) atoms. The lowest BCUT2D eigenvalue weighted by molar-refractivity contribution is 0.102. The highest BCUT2D eigenvalue weighted by Gasteiger charge is 2.22. The van der Waals surface area contributed by atoms with Crippen molar-refractivity contribution in [3.8, 4) is 0 Å². The van der Waals surface area contributed by atoms with Gasteiger partial charge in [-0.1, -0.05) is 17.7 Å². The molecule has 3 heterocycles. The Morgan fingerprint density at radius 3 is 2.53 bits per heavy atom. The highest BCUT2D eigenvalue weighted by molar-refractivity contribution is 7.14. The maximum Gasteiger partial charge on any atom is 0.321 e. The number of urea groups is 1. The first kappa shape index (κ1) is 20.2. The average Bonchev–Trinajstić information content (AvgIpc) is 3.30. The van der Waals surface area contributed by atoms with E-state index >= 15 is 0 Å². The normalized spacial score (nSPS) is 13.8. The third-order valence-electron chi connectivity index (χ3n) is 4.73. The number of hydrogen-bond acceptors (Lipinski definition) is 5. The first-order valence-corrected chi connectivity index (χ1v) is 10.7. The maximum atomic E-state index is 12.6. The van der Waals surface area contributed by atoms with Crippen LogP contribution >= 0.6 is 22.9 Å². The second-order valence-corrected chi connectivity index (χ2v) is 8.11. The van der Waals surface area contributed by atoms with Gasteiger partial charge >= 0.3 is 6.03 Å². The molecule has 0 bridgehead atoms. The van der Waals surface area contributed by atoms with E-state index in [1.807, 2.05) is 6.07 Å². The second kappa shape index (κ2) is 9.15. The van der Waals surface area contributed by atoms with E-state index in [2.05, 4.69) is 32.0 Å². The van der Waals surface area contributed by atoms with Gasteiger partial charge in [0.2, 0.25) is 0 Å². The van der Waals surface area contributed by atoms with E-state index in [0.29, 0.717) is 35.2 Å². The summed E-state index contributed by atoms with van der Waals surface area (Å²) >= 11 is 7.52. The molecule has 4 rings (SSSR count). The molecule has 2 aromatic heterocycles. The minimum Gasteiger partial charge on any atom is -0.360 e. The number of rotatable bonds is 4. The van der Waals surface area contributed by atoms with Gasteiger partial charge in [-0.2, -0.15) is 0 Å². The summed E-state index contributed by atoms with van der Waals surface area (Å²) in [4.78, 5) is 33.2. The van der Waals surface area contributed by atoms with E-state index in [1.54, 1.807) is 52.6 Å². The van der Waals surface area contributed by atoms with E-state index in [1.165, 1.54) is 11.2 Å². The van der Waals surface area contributed by atoms with Crippen molar-refractivity contribution >= 4 is 51.4 Å². The van der Waals surface area contributed by atoms with Gasteiger partial charge in [-0.05, 0) is 47.8 Å². The van der Waals surface area contributed by atoms with Crippen molar-refractivity contribution < 1.29 is 9.59 Å². The fraction of sp³-hybridized carbons (Fsp3) is 0.190. The summed E-state index contributed by atoms with van der Waals surface area (Å²) in [7, 11) is 0. The topological polar surface area (TPSA) is 77.6 Å². The van der Waals surface area contributed by atoms with Crippen LogP contribution in [0.25, 0.3) is 0 Å². The second-order valence-electron chi connectivity index (χ2n) is 6.75. The van der Waals surface area contributed by atoms with Gasteiger partial charge < -0.3 is 20.4 Å². The van der Waals surface area contributed by atoms with E-state index < -0.39 is 0 Å². The predicted octanol–water partition coefficient (Wildman–Crippen LogP) is 4.40. The summed E-state index contributed by atoms with van der Waals surface area (Å²) in [6.45, 7) is 2.88. The predicted molar refractivity (Wildman–Crippen MR) is 121 cm³/mol. The molecule has 154 valence electrons. The third-order valence-corrected chi connectivity index (χ3v) is 5.88. The lowest BCUT2D eigenvalue weighted by Gasteiger charge is -2.35. The van der Waals surface area contributed by atoms with Crippen molar-refractivity contribution in [2.75, 3.05) is 41.7 Å². The average molecular weight is 442 g/mol. The fourth-order valence-electron chi connectivity index (χ4n) is 3.16. The van der Waals surface area contributed by atoms with Crippen LogP contribution in [0.4, 0.5) is 21.3 Å². The summed E-state index contributed by atoms with van der Waals surface area (Å²) in [5.41, 5.74) is 0.990. The number of pyridine rings is 1. The van der Waals surface area contributed by atoms with Crippen molar-refractivity contribution in [3.05, 3.63) is 70.7 Å². The molecule has 3 amide bonds. The summed E-state index contributed by atoms with van der Waals surface area (Å²) in [6.07, 6.45) is 1.46. The molecule has 3 aromatic rings. The molecule has 0 atom stereocenters. The number of carbonyl (C=O) groups excluding carboxylic acids is 2. The highest BCUT2D eigenvalue weighted by atomic mass is 35.5. The van der Waals surface area contributed by atoms with E-state index in [4.69, 9.17) is 11.6 Å². The molecule has 1 aliphatic rings. The van der Waals surface area contributed by atoms with Crippen LogP contribution in [0.1, 0.15) is 10.4 Å². The standard InChI is InChI=1S/C21H20ClN5O2S/c22-16-6-7-18(23-14-16)25-20(28)15-3-1-4-17(13-15)24-21(29)27-10-8-26(9-11-27)19-5-2-12-30-19/h1-7,12-14H,8-11H2,(H,24,29)(H,23,25,28). The number of aromatic nitrogens is 1. The quantitative estimate of drug-likeness (QED) is 0.629. The number of thiophene rings is 1. The number of nitrogens with zero attached hydrogens (tertiary/aromatic N) is 3. The number of piperazine rings is 1. The summed E-state index contributed by atoms with van der Waals surface area (Å²) in [6, 6.07) is 14.1. The Labute approximate surface area is 183 Å². The summed E-state index contributed by atoms with van der Waals surface area (Å²) < 4.78 is 0. The minimum absolute atomic E-state index is 0.169. The molecule has 0 saturated carbocycles. The van der Waals surface area contributed by atoms with Gasteiger partial charge in [0.15, 0.2) is 0 Å². The smallest absolute Gasteiger partial charge is 0.321 e. The van der Waals surface area contributed by atoms with E-state index in [-0.39, 0.29) is 11.9 Å². The monoisotopic (exact) mass is 441 g/mol. The molecule has 0 unspecified atom stereocenters. The van der Waals surface area contributed by atoms with E-state index in [9.17, 15) is 9.59 Å². The molecule has 0 aliphatic carbocycles. The number of benzene rings is 1. The van der Waals surface area contributed by atoms with Gasteiger partial charge in [-0.15, -0.1) is 11.3 Å². The Hall–Kier alpha value is -3.10. The molecule has 0 spiro atoms. The van der Waals surface area contributed by atoms with Crippen LogP contribution in [0.15, 0.2) is 60.1 Å². The number of hydrogen-bond donors (Lipinski definition) is 2. The Balaban J connectivity index is 1.34. The van der Waals surface area contributed by atoms with Gasteiger partial charge in [-0.3, -0.25) is 4.79 Å². The lowest BCUT2D eigenvalue weighted by atomic mass is 10.2. The molecule has 7 nitrogen and oxygen atoms in total. The number of nitrogens with one attached hydrogen (secondary N) is 2. The minimum atomic E-state index is -0.314. The SMILES string of the molecule is O=C(Nc1ccc(Cl)cn1)c1cccc(NC(=O)N2CCN(c3cccs3)CC2)c1. The van der Waals surface area contributed by atoms with Crippen LogP contribution in [0, 0.1) is 0 Å². The van der Waals surface area contributed by atoms with Gasteiger partial charge in [0.05, 0.1) is 10.0 Å². The zero-order valence-electron chi connectivity index (χ0n) is 16.0. The molecule has 1 fully saturated rings. The molecular formula is C21H20ClN5O2S. The van der Waals surface area contributed by atoms with Crippen LogP contribution in [0.3, 0.4) is 0 Å². The Morgan fingerprint density at radius 2 is 1.83 bits per heavy atom. The van der Waals surface area contributed by atoms with Crippen LogP contribution in [0.2, 0.25) is 5.02 Å². The number of halogens is 1. The fourth-order valence-corrected chi connectivity index (χ4v) is 4.06. The highest BCUT2D eigenvalue weighted by Crippen LogP contribution is 2.22. The zero-order valence-corrected chi connectivity index (χ0v) is 17.6. The number of amides is 3. The first-order valence-electron chi connectivity index (χ1n) is 9.46. The zero-order chi connectivity index (χ0) is 20.9. The summed E-state index contributed by atoms with van der Waals surface area (Å²) in [5, 5.41) is 9.37. The van der Waals surface area contributed by atoms with Gasteiger partial charge in [-0.25, -0.2) is 9.78 Å². The molecule has 1 aliphatic heterocycles. The van der Waals surface area contributed by atoms with Gasteiger partial charge in [0.25, 0.3) is 5.91 Å². The largest absolute Gasteiger partial charge is 0.360 e. The molecule has 0 radical (unpaired) electrons. The van der Waals surface area contributed by atoms with Gasteiger partial charge in [0, 0.05) is 43.6 Å². The van der Waals surface area contributed by atoms with Crippen molar-refractivity contribution in [1.29, 1.82) is 0 Å². The Kier molecular flexibility index (Phi) is 6.15. The maximum absolute atomic E-state index is 12.6. The van der Waals surface area contributed by atoms with E-state index in [0.717, 1.165) is 13.1 Å². The molecule has 2 N–H and O–H groups in total. The van der Waals surface area contributed by atoms with Crippen LogP contribution in [-0.4, -0.2) is 48.0 Å². The molecule has 9 heteroatoms. The number of anilines is 3. The number of carbonyl (C=O) groups is 2. The molecule has 1 aromatic carbocycles. The Morgan fingerprint density at radius 1 is 1.00 bits per heavy atom. The Bertz CT molecular complexity index is 1020. The van der Waals surface area contributed by atoms with Crippen molar-refractivity contribution in [1.82, 2.24) is 9.88 Å². The van der Waals surface area contributed by atoms with Crippen molar-refractivity contribution in [3.63, 3.8) is 0 Å². The lowest BCUT2D eigenvalue weighted by Crippen LogP contribution is -2.49. The third kappa shape index (κ3) is 4.90. The van der Waals surface area contributed by atoms with Crippen molar-refractivity contribution in [2.45, 2.75) is 0 Å². The van der Waals surface area contributed by atoms with Crippen molar-refractivity contribution in [2.24, 2.45) is 0 Å². The first-order chi connectivity index (χ1) is 14.6. The van der Waals surface area contributed by atoms with Crippen LogP contribution in [0.5, 0.6) is 0 Å². The van der Waals surface area contributed by atoms with Crippen LogP contribution < -0.4 is 15.5 Å². The van der Waals surface area contributed by atoms with Gasteiger partial charge in [0.1, 0.15) is 5.82 Å². The van der Waals surface area contributed by atoms with Crippen LogP contribution in [-0.2, 0) is 0 Å². The summed E-state index contributed by atoms with van der Waals surface area (Å²) in [5.74, 6) is 0.0907. The molecule has 1 saturated heterocycles. The molecular weight excluding hydrogens is 422 g/mol.